The van der Waals surface area contributed by atoms with Gasteiger partial charge in [0, 0.05) is 31.6 Å². The molecule has 30 heavy (non-hydrogen) atoms. The van der Waals surface area contributed by atoms with Crippen molar-refractivity contribution >= 4 is 11.8 Å². The van der Waals surface area contributed by atoms with Gasteiger partial charge < -0.3 is 24.4 Å². The smallest absolute Gasteiger partial charge is 0.251 e. The highest BCUT2D eigenvalue weighted by atomic mass is 16.5. The molecule has 2 aromatic rings. The van der Waals surface area contributed by atoms with Gasteiger partial charge in [-0.05, 0) is 30.5 Å². The molecule has 0 radical (unpaired) electrons. The second kappa shape index (κ2) is 10.0. The number of likely N-dealkylation sites (tertiary alicyclic amines) is 1. The van der Waals surface area contributed by atoms with Gasteiger partial charge in [-0.3, -0.25) is 9.59 Å². The maximum atomic E-state index is 12.8. The van der Waals surface area contributed by atoms with Crippen LogP contribution in [0, 0.1) is 0 Å². The van der Waals surface area contributed by atoms with Crippen LogP contribution in [0.25, 0.3) is 0 Å². The van der Waals surface area contributed by atoms with Crippen LogP contribution in [0.2, 0.25) is 0 Å². The number of hydrogen-bond donors (Lipinski definition) is 1. The van der Waals surface area contributed by atoms with Crippen molar-refractivity contribution in [3.05, 3.63) is 53.6 Å². The second-order valence-electron chi connectivity index (χ2n) is 7.24. The van der Waals surface area contributed by atoms with Crippen molar-refractivity contribution in [3.8, 4) is 17.2 Å². The Morgan fingerprint density at radius 1 is 1.03 bits per heavy atom. The quantitative estimate of drug-likeness (QED) is 0.757. The fourth-order valence-corrected chi connectivity index (χ4v) is 3.49. The molecular weight excluding hydrogens is 384 g/mol. The Morgan fingerprint density at radius 2 is 1.63 bits per heavy atom. The first-order valence-electron chi connectivity index (χ1n) is 10.0. The minimum absolute atomic E-state index is 0.0269. The second-order valence-corrected chi connectivity index (χ2v) is 7.24. The van der Waals surface area contributed by atoms with E-state index in [1.165, 1.54) is 14.2 Å². The van der Waals surface area contributed by atoms with Crippen molar-refractivity contribution in [2.45, 2.75) is 32.4 Å². The molecular formula is C23H28N2O5. The molecule has 1 fully saturated rings. The van der Waals surface area contributed by atoms with E-state index in [0.29, 0.717) is 42.5 Å². The maximum Gasteiger partial charge on any atom is 0.251 e. The summed E-state index contributed by atoms with van der Waals surface area (Å²) in [6, 6.07) is 13.1. The lowest BCUT2D eigenvalue weighted by molar-refractivity contribution is -0.129. The molecule has 0 bridgehead atoms. The minimum atomic E-state index is -0.206. The molecule has 0 aliphatic carbocycles. The number of carbonyl (C=O) groups excluding carboxylic acids is 2. The van der Waals surface area contributed by atoms with Crippen LogP contribution in [0.15, 0.2) is 42.5 Å². The molecule has 0 atom stereocenters. The van der Waals surface area contributed by atoms with Crippen LogP contribution < -0.4 is 19.5 Å². The molecule has 1 heterocycles. The Hall–Kier alpha value is -3.22. The number of hydrogen-bond acceptors (Lipinski definition) is 5. The van der Waals surface area contributed by atoms with Gasteiger partial charge in [0.25, 0.3) is 5.91 Å². The fourth-order valence-electron chi connectivity index (χ4n) is 3.49. The number of piperidine rings is 1. The average Bonchev–Trinajstić information content (AvgIpc) is 2.78. The van der Waals surface area contributed by atoms with Gasteiger partial charge >= 0.3 is 0 Å². The molecule has 0 unspecified atom stereocenters. The number of nitrogens with zero attached hydrogens (tertiary/aromatic N) is 1. The Morgan fingerprint density at radius 3 is 2.17 bits per heavy atom. The highest BCUT2D eigenvalue weighted by Crippen LogP contribution is 2.39. The van der Waals surface area contributed by atoms with E-state index in [-0.39, 0.29) is 17.9 Å². The predicted octanol–water partition coefficient (Wildman–Crippen LogP) is 3.02. The van der Waals surface area contributed by atoms with Crippen molar-refractivity contribution in [3.63, 3.8) is 0 Å². The van der Waals surface area contributed by atoms with E-state index in [4.69, 9.17) is 14.2 Å². The fraction of sp³-hybridized carbons (Fsp3) is 0.391. The van der Waals surface area contributed by atoms with E-state index >= 15 is 0 Å². The summed E-state index contributed by atoms with van der Waals surface area (Å²) in [5.74, 6) is 1.18. The molecule has 7 heteroatoms. The van der Waals surface area contributed by atoms with E-state index < -0.39 is 0 Å². The standard InChI is InChI=1S/C23H28N2O5/c1-16(26)25-11-9-19(10-12-25)24-23(27)18-13-20(28-2)22(21(14-18)29-3)30-15-17-7-5-4-6-8-17/h4-8,13-14,19H,9-12,15H2,1-3H3,(H,24,27). The average molecular weight is 412 g/mol. The zero-order valence-electron chi connectivity index (χ0n) is 17.6. The van der Waals surface area contributed by atoms with Crippen molar-refractivity contribution in [1.29, 1.82) is 0 Å². The molecule has 2 aromatic carbocycles. The van der Waals surface area contributed by atoms with Gasteiger partial charge in [0.05, 0.1) is 14.2 Å². The predicted molar refractivity (Wildman–Crippen MR) is 113 cm³/mol. The highest BCUT2D eigenvalue weighted by molar-refractivity contribution is 5.95. The molecule has 7 nitrogen and oxygen atoms in total. The number of rotatable bonds is 7. The molecule has 2 amide bonds. The van der Waals surface area contributed by atoms with Gasteiger partial charge in [-0.2, -0.15) is 0 Å². The Kier molecular flexibility index (Phi) is 7.17. The molecule has 0 saturated carbocycles. The lowest BCUT2D eigenvalue weighted by Gasteiger charge is -2.31. The van der Waals surface area contributed by atoms with Crippen molar-refractivity contribution < 1.29 is 23.8 Å². The van der Waals surface area contributed by atoms with Gasteiger partial charge in [0.2, 0.25) is 11.7 Å². The first-order valence-corrected chi connectivity index (χ1v) is 10.0. The summed E-state index contributed by atoms with van der Waals surface area (Å²) in [5.41, 5.74) is 1.45. The molecule has 1 aliphatic rings. The number of carbonyl (C=O) groups is 2. The highest BCUT2D eigenvalue weighted by Gasteiger charge is 2.24. The molecule has 3 rings (SSSR count). The molecule has 1 saturated heterocycles. The van der Waals surface area contributed by atoms with Gasteiger partial charge in [-0.1, -0.05) is 30.3 Å². The normalized spacial score (nSPS) is 14.2. The number of ether oxygens (including phenoxy) is 3. The van der Waals surface area contributed by atoms with E-state index in [9.17, 15) is 9.59 Å². The third-order valence-electron chi connectivity index (χ3n) is 5.22. The zero-order valence-corrected chi connectivity index (χ0v) is 17.6. The Labute approximate surface area is 176 Å². The summed E-state index contributed by atoms with van der Waals surface area (Å²) < 4.78 is 16.9. The van der Waals surface area contributed by atoms with Crippen LogP contribution >= 0.6 is 0 Å². The molecule has 160 valence electrons. The SMILES string of the molecule is COc1cc(C(=O)NC2CCN(C(C)=O)CC2)cc(OC)c1OCc1ccccc1. The van der Waals surface area contributed by atoms with Gasteiger partial charge in [0.15, 0.2) is 11.5 Å². The van der Waals surface area contributed by atoms with Crippen LogP contribution in [-0.2, 0) is 11.4 Å². The molecule has 0 aromatic heterocycles. The molecule has 1 aliphatic heterocycles. The monoisotopic (exact) mass is 412 g/mol. The number of amides is 2. The third kappa shape index (κ3) is 5.23. The van der Waals surface area contributed by atoms with Crippen LogP contribution in [0.1, 0.15) is 35.7 Å². The van der Waals surface area contributed by atoms with Crippen molar-refractivity contribution in [2.24, 2.45) is 0 Å². The van der Waals surface area contributed by atoms with Gasteiger partial charge in [-0.15, -0.1) is 0 Å². The lowest BCUT2D eigenvalue weighted by atomic mass is 10.0. The zero-order chi connectivity index (χ0) is 21.5. The first kappa shape index (κ1) is 21.5. The largest absolute Gasteiger partial charge is 0.493 e. The van der Waals surface area contributed by atoms with Crippen LogP contribution in [-0.4, -0.2) is 50.1 Å². The first-order chi connectivity index (χ1) is 14.5. The summed E-state index contributed by atoms with van der Waals surface area (Å²) in [7, 11) is 3.06. The molecule has 1 N–H and O–H groups in total. The van der Waals surface area contributed by atoms with E-state index in [0.717, 1.165) is 18.4 Å². The van der Waals surface area contributed by atoms with Gasteiger partial charge in [0.1, 0.15) is 6.61 Å². The Balaban J connectivity index is 1.71. The summed E-state index contributed by atoms with van der Waals surface area (Å²) in [6.07, 6.45) is 1.47. The van der Waals surface area contributed by atoms with E-state index in [2.05, 4.69) is 5.32 Å². The summed E-state index contributed by atoms with van der Waals surface area (Å²) in [4.78, 5) is 26.1. The topological polar surface area (TPSA) is 77.1 Å². The van der Waals surface area contributed by atoms with E-state index in [1.54, 1.807) is 24.0 Å². The number of benzene rings is 2. The summed E-state index contributed by atoms with van der Waals surface area (Å²) in [5, 5.41) is 3.05. The maximum absolute atomic E-state index is 12.8. The van der Waals surface area contributed by atoms with Crippen LogP contribution in [0.3, 0.4) is 0 Å². The third-order valence-corrected chi connectivity index (χ3v) is 5.22. The van der Waals surface area contributed by atoms with E-state index in [1.807, 2.05) is 30.3 Å². The van der Waals surface area contributed by atoms with Crippen LogP contribution in [0.5, 0.6) is 17.2 Å². The summed E-state index contributed by atoms with van der Waals surface area (Å²) in [6.45, 7) is 3.23. The van der Waals surface area contributed by atoms with Crippen LogP contribution in [0.4, 0.5) is 0 Å². The lowest BCUT2D eigenvalue weighted by Crippen LogP contribution is -2.46. The minimum Gasteiger partial charge on any atom is -0.493 e. The van der Waals surface area contributed by atoms with Gasteiger partial charge in [-0.25, -0.2) is 0 Å². The number of nitrogens with one attached hydrogen (secondary N) is 1. The van der Waals surface area contributed by atoms with Crippen molar-refractivity contribution in [1.82, 2.24) is 10.2 Å². The number of methoxy groups -OCH3 is 2. The summed E-state index contributed by atoms with van der Waals surface area (Å²) >= 11 is 0. The van der Waals surface area contributed by atoms with Crippen molar-refractivity contribution in [2.75, 3.05) is 27.3 Å². The Bertz CT molecular complexity index is 851. The molecule has 0 spiro atoms.